The summed E-state index contributed by atoms with van der Waals surface area (Å²) < 4.78 is 5.71. The molecule has 1 heteroatoms. The van der Waals surface area contributed by atoms with Gasteiger partial charge in [-0.15, -0.1) is 0 Å². The van der Waals surface area contributed by atoms with E-state index in [1.54, 1.807) is 0 Å². The number of rotatable bonds is 8. The Morgan fingerprint density at radius 1 is 1.00 bits per heavy atom. The summed E-state index contributed by atoms with van der Waals surface area (Å²) in [5.41, 5.74) is 3.02. The summed E-state index contributed by atoms with van der Waals surface area (Å²) in [4.78, 5) is 0. The molecule has 1 nitrogen and oxygen atoms in total. The number of hydrogen-bond donors (Lipinski definition) is 0. The molecule has 0 spiro atoms. The second-order valence-electron chi connectivity index (χ2n) is 6.14. The third kappa shape index (κ3) is 11.9. The zero-order valence-electron chi connectivity index (χ0n) is 13.3. The Labute approximate surface area is 114 Å². The van der Waals surface area contributed by atoms with Gasteiger partial charge in [-0.3, -0.25) is 0 Å². The summed E-state index contributed by atoms with van der Waals surface area (Å²) in [5, 5.41) is 0. The van der Waals surface area contributed by atoms with E-state index in [2.05, 4.69) is 53.7 Å². The average Bonchev–Trinajstić information content (AvgIpc) is 2.26. The minimum absolute atomic E-state index is 0.00883. The van der Waals surface area contributed by atoms with Gasteiger partial charge in [0.15, 0.2) is 0 Å². The van der Waals surface area contributed by atoms with Crippen molar-refractivity contribution in [2.75, 3.05) is 6.61 Å². The second-order valence-corrected chi connectivity index (χ2v) is 6.14. The van der Waals surface area contributed by atoms with E-state index in [0.717, 1.165) is 13.0 Å². The van der Waals surface area contributed by atoms with E-state index in [-0.39, 0.29) is 5.60 Å². The molecule has 0 unspecified atom stereocenters. The minimum Gasteiger partial charge on any atom is -0.376 e. The van der Waals surface area contributed by atoms with Crippen LogP contribution in [0.2, 0.25) is 0 Å². The Hall–Kier alpha value is -0.560. The first-order chi connectivity index (χ1) is 8.35. The van der Waals surface area contributed by atoms with Crippen LogP contribution in [0.25, 0.3) is 0 Å². The maximum atomic E-state index is 5.71. The number of ether oxygens (including phenoxy) is 1. The van der Waals surface area contributed by atoms with Crippen LogP contribution >= 0.6 is 0 Å². The van der Waals surface area contributed by atoms with E-state index in [9.17, 15) is 0 Å². The molecule has 0 radical (unpaired) electrons. The average molecular weight is 252 g/mol. The van der Waals surface area contributed by atoms with Crippen LogP contribution in [-0.2, 0) is 4.74 Å². The molecule has 0 N–H and O–H groups in total. The van der Waals surface area contributed by atoms with Gasteiger partial charge in [-0.2, -0.15) is 0 Å². The highest BCUT2D eigenvalue weighted by Crippen LogP contribution is 2.13. The highest BCUT2D eigenvalue weighted by molar-refractivity contribution is 5.02. The van der Waals surface area contributed by atoms with Gasteiger partial charge in [0, 0.05) is 6.61 Å². The molecule has 0 amide bonds. The SMILES string of the molecule is C/C=C(\C)CC/C=C(\C)CCCCOC(C)(C)C. The molecule has 0 aromatic rings. The van der Waals surface area contributed by atoms with Crippen LogP contribution in [0.4, 0.5) is 0 Å². The monoisotopic (exact) mass is 252 g/mol. The molecule has 0 aromatic carbocycles. The van der Waals surface area contributed by atoms with Gasteiger partial charge in [-0.25, -0.2) is 0 Å². The topological polar surface area (TPSA) is 9.23 Å². The van der Waals surface area contributed by atoms with E-state index in [0.29, 0.717) is 0 Å². The lowest BCUT2D eigenvalue weighted by molar-refractivity contribution is -0.00451. The van der Waals surface area contributed by atoms with Gasteiger partial charge >= 0.3 is 0 Å². The highest BCUT2D eigenvalue weighted by Gasteiger charge is 2.08. The van der Waals surface area contributed by atoms with E-state index in [1.807, 2.05) is 0 Å². The third-order valence-corrected chi connectivity index (χ3v) is 3.02. The van der Waals surface area contributed by atoms with Crippen LogP contribution in [0.3, 0.4) is 0 Å². The highest BCUT2D eigenvalue weighted by atomic mass is 16.5. The fourth-order valence-electron chi connectivity index (χ4n) is 1.68. The molecule has 0 saturated heterocycles. The molecule has 0 bridgehead atoms. The molecule has 0 aliphatic rings. The van der Waals surface area contributed by atoms with E-state index in [1.165, 1.54) is 36.8 Å². The Bertz CT molecular complexity index is 266. The van der Waals surface area contributed by atoms with Gasteiger partial charge in [-0.05, 0) is 73.6 Å². The van der Waals surface area contributed by atoms with Gasteiger partial charge in [0.1, 0.15) is 0 Å². The fourth-order valence-corrected chi connectivity index (χ4v) is 1.68. The molecule has 0 saturated carbocycles. The fraction of sp³-hybridized carbons (Fsp3) is 0.765. The molecule has 106 valence electrons. The Morgan fingerprint density at radius 3 is 2.22 bits per heavy atom. The molecule has 18 heavy (non-hydrogen) atoms. The van der Waals surface area contributed by atoms with Crippen molar-refractivity contribution in [2.45, 2.75) is 79.2 Å². The Kier molecular flexibility index (Phi) is 9.09. The van der Waals surface area contributed by atoms with E-state index < -0.39 is 0 Å². The first-order valence-electron chi connectivity index (χ1n) is 7.26. The summed E-state index contributed by atoms with van der Waals surface area (Å²) in [6.45, 7) is 13.8. The number of unbranched alkanes of at least 4 members (excludes halogenated alkanes) is 1. The molecule has 0 atom stereocenters. The standard InChI is InChI=1S/C17H32O/c1-7-15(2)12-10-13-16(3)11-8-9-14-18-17(4,5)6/h7,13H,8-12,14H2,1-6H3/b15-7+,16-13+. The molecule has 0 aliphatic heterocycles. The van der Waals surface area contributed by atoms with Crippen molar-refractivity contribution in [1.82, 2.24) is 0 Å². The van der Waals surface area contributed by atoms with Gasteiger partial charge in [0.2, 0.25) is 0 Å². The van der Waals surface area contributed by atoms with Crippen LogP contribution in [-0.4, -0.2) is 12.2 Å². The predicted octanol–water partition coefficient (Wildman–Crippen LogP) is 5.66. The lowest BCUT2D eigenvalue weighted by atomic mass is 10.1. The molecule has 0 aromatic heterocycles. The van der Waals surface area contributed by atoms with Gasteiger partial charge < -0.3 is 4.74 Å². The van der Waals surface area contributed by atoms with Crippen LogP contribution < -0.4 is 0 Å². The van der Waals surface area contributed by atoms with Gasteiger partial charge in [0.05, 0.1) is 5.60 Å². The maximum absolute atomic E-state index is 5.71. The van der Waals surface area contributed by atoms with Crippen LogP contribution in [0.5, 0.6) is 0 Å². The van der Waals surface area contributed by atoms with Gasteiger partial charge in [-0.1, -0.05) is 23.3 Å². The van der Waals surface area contributed by atoms with Gasteiger partial charge in [0.25, 0.3) is 0 Å². The maximum Gasteiger partial charge on any atom is 0.0598 e. The van der Waals surface area contributed by atoms with Crippen molar-refractivity contribution in [1.29, 1.82) is 0 Å². The normalized spacial score (nSPS) is 14.1. The third-order valence-electron chi connectivity index (χ3n) is 3.02. The van der Waals surface area contributed by atoms with E-state index in [4.69, 9.17) is 4.74 Å². The zero-order chi connectivity index (χ0) is 14.0. The quantitative estimate of drug-likeness (QED) is 0.400. The zero-order valence-corrected chi connectivity index (χ0v) is 13.3. The molecular weight excluding hydrogens is 220 g/mol. The van der Waals surface area contributed by atoms with Crippen molar-refractivity contribution in [3.05, 3.63) is 23.3 Å². The van der Waals surface area contributed by atoms with E-state index >= 15 is 0 Å². The molecule has 0 heterocycles. The molecule has 0 aliphatic carbocycles. The first kappa shape index (κ1) is 17.4. The first-order valence-corrected chi connectivity index (χ1v) is 7.26. The van der Waals surface area contributed by atoms with Crippen LogP contribution in [0.1, 0.15) is 73.6 Å². The molecule has 0 fully saturated rings. The van der Waals surface area contributed by atoms with Crippen LogP contribution in [0.15, 0.2) is 23.3 Å². The van der Waals surface area contributed by atoms with Crippen LogP contribution in [0, 0.1) is 0 Å². The summed E-state index contributed by atoms with van der Waals surface area (Å²) >= 11 is 0. The number of allylic oxidation sites excluding steroid dienone is 4. The lowest BCUT2D eigenvalue weighted by Crippen LogP contribution is -2.19. The molecule has 0 rings (SSSR count). The predicted molar refractivity (Wildman–Crippen MR) is 82.0 cm³/mol. The van der Waals surface area contributed by atoms with Crippen molar-refractivity contribution in [3.8, 4) is 0 Å². The smallest absolute Gasteiger partial charge is 0.0598 e. The lowest BCUT2D eigenvalue weighted by Gasteiger charge is -2.19. The van der Waals surface area contributed by atoms with Crippen molar-refractivity contribution < 1.29 is 4.74 Å². The molecular formula is C17H32O. The number of hydrogen-bond acceptors (Lipinski definition) is 1. The largest absolute Gasteiger partial charge is 0.376 e. The van der Waals surface area contributed by atoms with Crippen molar-refractivity contribution >= 4 is 0 Å². The second kappa shape index (κ2) is 9.38. The Balaban J connectivity index is 3.58. The Morgan fingerprint density at radius 2 is 1.67 bits per heavy atom. The minimum atomic E-state index is 0.00883. The van der Waals surface area contributed by atoms with Crippen molar-refractivity contribution in [3.63, 3.8) is 0 Å². The summed E-state index contributed by atoms with van der Waals surface area (Å²) in [7, 11) is 0. The summed E-state index contributed by atoms with van der Waals surface area (Å²) in [5.74, 6) is 0. The summed E-state index contributed by atoms with van der Waals surface area (Å²) in [6, 6.07) is 0. The summed E-state index contributed by atoms with van der Waals surface area (Å²) in [6.07, 6.45) is 10.6. The van der Waals surface area contributed by atoms with Crippen molar-refractivity contribution in [2.24, 2.45) is 0 Å².